The molecule has 2 fully saturated rings. The van der Waals surface area contributed by atoms with Crippen LogP contribution >= 0.6 is 0 Å². The molecule has 6 nitrogen and oxygen atoms in total. The predicted molar refractivity (Wildman–Crippen MR) is 101 cm³/mol. The van der Waals surface area contributed by atoms with Gasteiger partial charge in [-0.15, -0.1) is 0 Å². The Morgan fingerprint density at radius 3 is 3.12 bits per heavy atom. The van der Waals surface area contributed by atoms with Crippen LogP contribution in [0.15, 0.2) is 30.5 Å². The summed E-state index contributed by atoms with van der Waals surface area (Å²) in [5, 5.41) is 4.47. The minimum Gasteiger partial charge on any atom is -0.494 e. The van der Waals surface area contributed by atoms with Crippen molar-refractivity contribution in [3.63, 3.8) is 0 Å². The quantitative estimate of drug-likeness (QED) is 0.898. The Hall–Kier alpha value is -2.18. The van der Waals surface area contributed by atoms with Gasteiger partial charge in [0.15, 0.2) is 0 Å². The lowest BCUT2D eigenvalue weighted by atomic mass is 9.79. The molecule has 1 amide bonds. The molecular formula is C20H26N4O2. The first-order valence-corrected chi connectivity index (χ1v) is 9.10. The molecule has 0 aliphatic carbocycles. The number of hydrogen-bond donors (Lipinski definition) is 1. The van der Waals surface area contributed by atoms with Crippen molar-refractivity contribution in [3.8, 4) is 5.75 Å². The van der Waals surface area contributed by atoms with Crippen LogP contribution in [-0.2, 0) is 11.3 Å². The molecule has 6 heteroatoms. The number of carbonyl (C=O) groups excluding carboxylic acids is 1. The van der Waals surface area contributed by atoms with Gasteiger partial charge in [0.1, 0.15) is 11.3 Å². The average molecular weight is 354 g/mol. The van der Waals surface area contributed by atoms with Crippen molar-refractivity contribution in [1.82, 2.24) is 20.1 Å². The second-order valence-electron chi connectivity index (χ2n) is 7.67. The van der Waals surface area contributed by atoms with Gasteiger partial charge in [0.25, 0.3) is 0 Å². The van der Waals surface area contributed by atoms with Crippen LogP contribution in [0.25, 0.3) is 10.9 Å². The molecule has 0 spiro atoms. The lowest BCUT2D eigenvalue weighted by Gasteiger charge is -2.32. The van der Waals surface area contributed by atoms with E-state index in [0.29, 0.717) is 12.5 Å². The van der Waals surface area contributed by atoms with Gasteiger partial charge in [-0.3, -0.25) is 9.78 Å². The molecular weight excluding hydrogens is 328 g/mol. The van der Waals surface area contributed by atoms with E-state index in [9.17, 15) is 4.79 Å². The lowest BCUT2D eigenvalue weighted by Crippen LogP contribution is -2.47. The van der Waals surface area contributed by atoms with E-state index in [2.05, 4.69) is 22.2 Å². The molecule has 1 aromatic carbocycles. The Balaban J connectivity index is 1.62. The van der Waals surface area contributed by atoms with Gasteiger partial charge >= 0.3 is 0 Å². The molecule has 2 atom stereocenters. The zero-order valence-corrected chi connectivity index (χ0v) is 15.7. The normalized spacial score (nSPS) is 25.4. The number of carbonyl (C=O) groups is 1. The molecule has 0 saturated carbocycles. The Morgan fingerprint density at radius 2 is 2.31 bits per heavy atom. The van der Waals surface area contributed by atoms with Gasteiger partial charge < -0.3 is 19.9 Å². The topological polar surface area (TPSA) is 57.7 Å². The molecule has 0 unspecified atom stereocenters. The van der Waals surface area contributed by atoms with Gasteiger partial charge in [0.2, 0.25) is 5.91 Å². The number of nitrogens with zero attached hydrogens (tertiary/aromatic N) is 3. The van der Waals surface area contributed by atoms with Crippen molar-refractivity contribution in [3.05, 3.63) is 36.0 Å². The summed E-state index contributed by atoms with van der Waals surface area (Å²) in [4.78, 5) is 22.0. The van der Waals surface area contributed by atoms with Gasteiger partial charge in [0, 0.05) is 57.3 Å². The molecule has 26 heavy (non-hydrogen) atoms. The molecule has 1 N–H and O–H groups in total. The van der Waals surface area contributed by atoms with E-state index in [1.54, 1.807) is 13.3 Å². The van der Waals surface area contributed by atoms with E-state index >= 15 is 0 Å². The smallest absolute Gasteiger partial charge is 0.231 e. The van der Waals surface area contributed by atoms with E-state index in [1.165, 1.54) is 0 Å². The molecule has 3 heterocycles. The molecule has 2 aromatic rings. The second-order valence-corrected chi connectivity index (χ2v) is 7.67. The molecule has 0 bridgehead atoms. The van der Waals surface area contributed by atoms with Gasteiger partial charge in [-0.2, -0.15) is 0 Å². The number of pyridine rings is 1. The van der Waals surface area contributed by atoms with Crippen molar-refractivity contribution in [1.29, 1.82) is 0 Å². The van der Waals surface area contributed by atoms with E-state index in [4.69, 9.17) is 4.74 Å². The highest BCUT2D eigenvalue weighted by Gasteiger charge is 2.54. The average Bonchev–Trinajstić information content (AvgIpc) is 3.18. The van der Waals surface area contributed by atoms with Crippen LogP contribution in [0, 0.1) is 11.3 Å². The fourth-order valence-corrected chi connectivity index (χ4v) is 4.69. The number of fused-ring (bicyclic) bond motifs is 2. The minimum atomic E-state index is -0.288. The van der Waals surface area contributed by atoms with E-state index in [-0.39, 0.29) is 11.3 Å². The SMILES string of the molecule is COc1ccc(CN(C)C(=O)[C@@]23CNC[C@@H]2CN(C)C3)c2cccnc12. The Bertz CT molecular complexity index is 840. The number of aromatic nitrogens is 1. The van der Waals surface area contributed by atoms with Crippen LogP contribution in [0.1, 0.15) is 5.56 Å². The van der Waals surface area contributed by atoms with Crippen LogP contribution in [0.3, 0.4) is 0 Å². The Kier molecular flexibility index (Phi) is 4.32. The third-order valence-corrected chi connectivity index (χ3v) is 5.92. The maximum atomic E-state index is 13.4. The van der Waals surface area contributed by atoms with Crippen LogP contribution in [-0.4, -0.2) is 68.1 Å². The van der Waals surface area contributed by atoms with E-state index < -0.39 is 0 Å². The summed E-state index contributed by atoms with van der Waals surface area (Å²) in [6.45, 7) is 4.10. The first-order valence-electron chi connectivity index (χ1n) is 9.10. The van der Waals surface area contributed by atoms with Crippen LogP contribution in [0.2, 0.25) is 0 Å². The zero-order chi connectivity index (χ0) is 18.3. The fraction of sp³-hybridized carbons (Fsp3) is 0.500. The van der Waals surface area contributed by atoms with Crippen molar-refractivity contribution in [2.75, 3.05) is 47.4 Å². The Morgan fingerprint density at radius 1 is 1.46 bits per heavy atom. The number of likely N-dealkylation sites (tertiary alicyclic amines) is 1. The molecule has 2 aliphatic rings. The molecule has 2 aliphatic heterocycles. The minimum absolute atomic E-state index is 0.240. The summed E-state index contributed by atoms with van der Waals surface area (Å²) in [5.74, 6) is 1.40. The first kappa shape index (κ1) is 17.2. The zero-order valence-electron chi connectivity index (χ0n) is 15.7. The number of amides is 1. The van der Waals surface area contributed by atoms with Crippen molar-refractivity contribution < 1.29 is 9.53 Å². The Labute approximate surface area is 154 Å². The summed E-state index contributed by atoms with van der Waals surface area (Å²) in [5.41, 5.74) is 1.65. The predicted octanol–water partition coefficient (Wildman–Crippen LogP) is 1.35. The van der Waals surface area contributed by atoms with Crippen LogP contribution in [0.4, 0.5) is 0 Å². The van der Waals surface area contributed by atoms with Gasteiger partial charge in [-0.05, 0) is 24.7 Å². The highest BCUT2D eigenvalue weighted by molar-refractivity contribution is 5.89. The number of methoxy groups -OCH3 is 1. The third kappa shape index (κ3) is 2.64. The van der Waals surface area contributed by atoms with E-state index in [0.717, 1.165) is 48.4 Å². The molecule has 1 aromatic heterocycles. The largest absolute Gasteiger partial charge is 0.494 e. The van der Waals surface area contributed by atoms with Gasteiger partial charge in [-0.1, -0.05) is 12.1 Å². The summed E-state index contributed by atoms with van der Waals surface area (Å²) >= 11 is 0. The standard InChI is InChI=1S/C20H26N4O2/c1-23-11-15-9-21-12-20(15,13-23)19(25)24(2)10-14-6-7-17(26-3)18-16(14)5-4-8-22-18/h4-8,15,21H,9-13H2,1-3H3/t15-,20-/m1/s1. The lowest BCUT2D eigenvalue weighted by molar-refractivity contribution is -0.141. The highest BCUT2D eigenvalue weighted by Crippen LogP contribution is 2.40. The first-order chi connectivity index (χ1) is 12.5. The monoisotopic (exact) mass is 354 g/mol. The number of benzene rings is 1. The third-order valence-electron chi connectivity index (χ3n) is 5.92. The summed E-state index contributed by atoms with van der Waals surface area (Å²) in [6.07, 6.45) is 1.77. The fourth-order valence-electron chi connectivity index (χ4n) is 4.69. The number of rotatable bonds is 4. The van der Waals surface area contributed by atoms with Crippen LogP contribution < -0.4 is 10.1 Å². The van der Waals surface area contributed by atoms with Gasteiger partial charge in [0.05, 0.1) is 12.5 Å². The summed E-state index contributed by atoms with van der Waals surface area (Å²) < 4.78 is 5.43. The van der Waals surface area contributed by atoms with Crippen molar-refractivity contribution >= 4 is 16.8 Å². The molecule has 0 radical (unpaired) electrons. The van der Waals surface area contributed by atoms with Gasteiger partial charge in [-0.25, -0.2) is 0 Å². The molecule has 138 valence electrons. The van der Waals surface area contributed by atoms with Crippen molar-refractivity contribution in [2.45, 2.75) is 6.54 Å². The van der Waals surface area contributed by atoms with Crippen LogP contribution in [0.5, 0.6) is 5.75 Å². The van der Waals surface area contributed by atoms with Crippen molar-refractivity contribution in [2.24, 2.45) is 11.3 Å². The molecule has 2 saturated heterocycles. The number of nitrogens with one attached hydrogen (secondary N) is 1. The maximum Gasteiger partial charge on any atom is 0.231 e. The van der Waals surface area contributed by atoms with E-state index in [1.807, 2.05) is 36.2 Å². The number of hydrogen-bond acceptors (Lipinski definition) is 5. The number of ether oxygens (including phenoxy) is 1. The highest BCUT2D eigenvalue weighted by atomic mass is 16.5. The maximum absolute atomic E-state index is 13.4. The molecule has 4 rings (SSSR count). The summed E-state index contributed by atoms with van der Waals surface area (Å²) in [7, 11) is 5.68. The second kappa shape index (κ2) is 6.52. The summed E-state index contributed by atoms with van der Waals surface area (Å²) in [6, 6.07) is 7.94.